The zero-order valence-electron chi connectivity index (χ0n) is 13.8. The number of thioether (sulfide) groups is 1. The Kier molecular flexibility index (Phi) is 5.52. The number of nitrogens with one attached hydrogen (secondary N) is 1. The maximum absolute atomic E-state index is 6.25. The topological polar surface area (TPSA) is 24.5 Å². The predicted octanol–water partition coefficient (Wildman–Crippen LogP) is 2.75. The summed E-state index contributed by atoms with van der Waals surface area (Å²) in [6, 6.07) is 1.35. The summed E-state index contributed by atoms with van der Waals surface area (Å²) in [5, 5.41) is 3.85. The highest BCUT2D eigenvalue weighted by Gasteiger charge is 2.44. The molecule has 0 radical (unpaired) electrons. The lowest BCUT2D eigenvalue weighted by molar-refractivity contribution is -0.101. The van der Waals surface area contributed by atoms with Gasteiger partial charge >= 0.3 is 0 Å². The molecule has 3 aliphatic rings. The van der Waals surface area contributed by atoms with Gasteiger partial charge in [-0.1, -0.05) is 19.8 Å². The van der Waals surface area contributed by atoms with Crippen LogP contribution in [0.15, 0.2) is 0 Å². The Morgan fingerprint density at radius 1 is 1.38 bits per heavy atom. The Hall–Kier alpha value is 0.230. The van der Waals surface area contributed by atoms with Crippen molar-refractivity contribution >= 4 is 11.8 Å². The number of hydrogen-bond acceptors (Lipinski definition) is 4. The molecule has 3 nitrogen and oxygen atoms in total. The molecule has 0 amide bonds. The molecule has 0 bridgehead atoms. The van der Waals surface area contributed by atoms with Gasteiger partial charge in [-0.15, -0.1) is 0 Å². The van der Waals surface area contributed by atoms with Crippen LogP contribution in [0.1, 0.15) is 45.4 Å². The molecule has 4 heteroatoms. The smallest absolute Gasteiger partial charge is 0.0685 e. The lowest BCUT2D eigenvalue weighted by Crippen LogP contribution is -2.58. The third kappa shape index (κ3) is 3.60. The van der Waals surface area contributed by atoms with Crippen LogP contribution in [-0.4, -0.2) is 60.8 Å². The van der Waals surface area contributed by atoms with Gasteiger partial charge in [0.25, 0.3) is 0 Å². The van der Waals surface area contributed by atoms with E-state index < -0.39 is 0 Å². The molecule has 2 saturated heterocycles. The van der Waals surface area contributed by atoms with Crippen molar-refractivity contribution in [3.8, 4) is 0 Å². The SMILES string of the molecule is CCNC(C1CCOC2(CCCC2)C1)C1CSCCN1C. The number of nitrogens with zero attached hydrogens (tertiary/aromatic N) is 1. The third-order valence-corrected chi connectivity index (χ3v) is 6.90. The molecular weight excluding hydrogens is 280 g/mol. The van der Waals surface area contributed by atoms with Crippen LogP contribution in [0.5, 0.6) is 0 Å². The molecule has 2 heterocycles. The Morgan fingerprint density at radius 3 is 2.90 bits per heavy atom. The maximum atomic E-state index is 6.25. The molecule has 0 aromatic heterocycles. The van der Waals surface area contributed by atoms with Gasteiger partial charge in [-0.3, -0.25) is 0 Å². The Morgan fingerprint density at radius 2 is 2.19 bits per heavy atom. The van der Waals surface area contributed by atoms with E-state index in [0.717, 1.165) is 19.1 Å². The summed E-state index contributed by atoms with van der Waals surface area (Å²) in [6.07, 6.45) is 7.89. The first-order valence-electron chi connectivity index (χ1n) is 8.89. The van der Waals surface area contributed by atoms with Gasteiger partial charge in [-0.05, 0) is 45.2 Å². The van der Waals surface area contributed by atoms with E-state index in [4.69, 9.17) is 4.74 Å². The summed E-state index contributed by atoms with van der Waals surface area (Å²) in [6.45, 7) is 5.57. The number of ether oxygens (including phenoxy) is 1. The first-order valence-corrected chi connectivity index (χ1v) is 10.0. The van der Waals surface area contributed by atoms with E-state index in [-0.39, 0.29) is 5.60 Å². The van der Waals surface area contributed by atoms with Crippen LogP contribution in [0.3, 0.4) is 0 Å². The first kappa shape index (κ1) is 16.1. The minimum Gasteiger partial charge on any atom is -0.375 e. The van der Waals surface area contributed by atoms with E-state index in [0.29, 0.717) is 12.1 Å². The average Bonchev–Trinajstić information content (AvgIpc) is 2.93. The fourth-order valence-electron chi connectivity index (χ4n) is 4.68. The molecule has 3 rings (SSSR count). The van der Waals surface area contributed by atoms with Crippen LogP contribution in [0.2, 0.25) is 0 Å². The summed E-state index contributed by atoms with van der Waals surface area (Å²) in [5.74, 6) is 3.38. The molecule has 122 valence electrons. The molecule has 1 spiro atoms. The summed E-state index contributed by atoms with van der Waals surface area (Å²) in [7, 11) is 2.32. The average molecular weight is 313 g/mol. The second-order valence-electron chi connectivity index (χ2n) is 7.20. The van der Waals surface area contributed by atoms with Crippen molar-refractivity contribution in [3.05, 3.63) is 0 Å². The minimum absolute atomic E-state index is 0.247. The van der Waals surface area contributed by atoms with Crippen molar-refractivity contribution in [2.45, 2.75) is 63.1 Å². The van der Waals surface area contributed by atoms with Gasteiger partial charge in [0.05, 0.1) is 5.60 Å². The van der Waals surface area contributed by atoms with E-state index >= 15 is 0 Å². The summed E-state index contributed by atoms with van der Waals surface area (Å²) >= 11 is 2.14. The van der Waals surface area contributed by atoms with Crippen LogP contribution < -0.4 is 5.32 Å². The molecule has 1 aliphatic carbocycles. The molecule has 3 fully saturated rings. The molecule has 3 unspecified atom stereocenters. The minimum atomic E-state index is 0.247. The van der Waals surface area contributed by atoms with Crippen LogP contribution >= 0.6 is 11.8 Å². The van der Waals surface area contributed by atoms with Crippen molar-refractivity contribution in [3.63, 3.8) is 0 Å². The van der Waals surface area contributed by atoms with Crippen LogP contribution in [0.25, 0.3) is 0 Å². The van der Waals surface area contributed by atoms with E-state index in [9.17, 15) is 0 Å². The number of likely N-dealkylation sites (N-methyl/N-ethyl adjacent to an activating group) is 2. The Labute approximate surface area is 134 Å². The molecular formula is C17H32N2OS. The van der Waals surface area contributed by atoms with Crippen LogP contribution in [0, 0.1) is 5.92 Å². The first-order chi connectivity index (χ1) is 10.2. The quantitative estimate of drug-likeness (QED) is 0.863. The highest BCUT2D eigenvalue weighted by molar-refractivity contribution is 7.99. The fraction of sp³-hybridized carbons (Fsp3) is 1.00. The Balaban J connectivity index is 1.70. The summed E-state index contributed by atoms with van der Waals surface area (Å²) < 4.78 is 6.25. The molecule has 1 saturated carbocycles. The summed E-state index contributed by atoms with van der Waals surface area (Å²) in [4.78, 5) is 2.60. The lowest BCUT2D eigenvalue weighted by atomic mass is 9.78. The highest BCUT2D eigenvalue weighted by atomic mass is 32.2. The summed E-state index contributed by atoms with van der Waals surface area (Å²) in [5.41, 5.74) is 0.247. The zero-order valence-corrected chi connectivity index (χ0v) is 14.6. The molecule has 0 aromatic rings. The molecule has 3 atom stereocenters. The van der Waals surface area contributed by atoms with Gasteiger partial charge in [-0.2, -0.15) is 11.8 Å². The second kappa shape index (κ2) is 7.20. The van der Waals surface area contributed by atoms with Crippen LogP contribution in [0.4, 0.5) is 0 Å². The monoisotopic (exact) mass is 312 g/mol. The van der Waals surface area contributed by atoms with Crippen LogP contribution in [-0.2, 0) is 4.74 Å². The van der Waals surface area contributed by atoms with Gasteiger partial charge < -0.3 is 15.0 Å². The zero-order chi connectivity index (χ0) is 14.7. The van der Waals surface area contributed by atoms with E-state index in [1.54, 1.807) is 0 Å². The maximum Gasteiger partial charge on any atom is 0.0685 e. The third-order valence-electron chi connectivity index (χ3n) is 5.85. The second-order valence-corrected chi connectivity index (χ2v) is 8.35. The lowest BCUT2D eigenvalue weighted by Gasteiger charge is -2.46. The number of rotatable bonds is 4. The standard InChI is InChI=1S/C17H32N2OS/c1-3-18-16(15-13-21-11-9-19(15)2)14-6-10-20-17(12-14)7-4-5-8-17/h14-16,18H,3-13H2,1-2H3. The molecule has 21 heavy (non-hydrogen) atoms. The van der Waals surface area contributed by atoms with E-state index in [2.05, 4.69) is 35.9 Å². The highest BCUT2D eigenvalue weighted by Crippen LogP contribution is 2.43. The van der Waals surface area contributed by atoms with E-state index in [1.807, 2.05) is 0 Å². The van der Waals surface area contributed by atoms with Crippen molar-refractivity contribution in [2.75, 3.05) is 38.2 Å². The van der Waals surface area contributed by atoms with Gasteiger partial charge in [0.1, 0.15) is 0 Å². The fourth-order valence-corrected chi connectivity index (χ4v) is 5.96. The molecule has 0 aromatic carbocycles. The van der Waals surface area contributed by atoms with Crippen molar-refractivity contribution in [2.24, 2.45) is 5.92 Å². The normalized spacial score (nSPS) is 35.1. The van der Waals surface area contributed by atoms with Gasteiger partial charge in [0.15, 0.2) is 0 Å². The predicted molar refractivity (Wildman–Crippen MR) is 91.1 cm³/mol. The van der Waals surface area contributed by atoms with Crippen molar-refractivity contribution in [1.82, 2.24) is 10.2 Å². The van der Waals surface area contributed by atoms with Gasteiger partial charge in [0.2, 0.25) is 0 Å². The Bertz CT molecular complexity index is 333. The van der Waals surface area contributed by atoms with E-state index in [1.165, 1.54) is 56.6 Å². The van der Waals surface area contributed by atoms with Gasteiger partial charge in [0, 0.05) is 36.7 Å². The molecule has 1 N–H and O–H groups in total. The van der Waals surface area contributed by atoms with Crippen molar-refractivity contribution in [1.29, 1.82) is 0 Å². The largest absolute Gasteiger partial charge is 0.375 e. The van der Waals surface area contributed by atoms with Gasteiger partial charge in [-0.25, -0.2) is 0 Å². The number of hydrogen-bond donors (Lipinski definition) is 1. The molecule has 2 aliphatic heterocycles. The van der Waals surface area contributed by atoms with Crippen molar-refractivity contribution < 1.29 is 4.74 Å².